The van der Waals surface area contributed by atoms with Crippen molar-refractivity contribution in [3.8, 4) is 11.1 Å². The van der Waals surface area contributed by atoms with Crippen molar-refractivity contribution >= 4 is 87.9 Å². The predicted molar refractivity (Wildman–Crippen MR) is 206 cm³/mol. The number of carboxylic acids is 1. The lowest BCUT2D eigenvalue weighted by atomic mass is 9.98. The molecular weight excluding hydrogens is 834 g/mol. The van der Waals surface area contributed by atoms with Crippen LogP contribution in [0.2, 0.25) is 0 Å². The quantitative estimate of drug-likeness (QED) is 0.0488. The summed E-state index contributed by atoms with van der Waals surface area (Å²) in [5.41, 5.74) is 7.53. The molecule has 0 spiro atoms. The van der Waals surface area contributed by atoms with Gasteiger partial charge in [0.1, 0.15) is 25.5 Å². The summed E-state index contributed by atoms with van der Waals surface area (Å²) in [5, 5.41) is 25.4. The zero-order chi connectivity index (χ0) is 41.9. The number of carbonyl (C=O) groups excluding carboxylic acids is 2. The largest absolute Gasteiger partial charge is 0.490 e. The van der Waals surface area contributed by atoms with Gasteiger partial charge in [-0.2, -0.15) is 13.2 Å². The number of nitrogen functional groups attached to an aromatic ring is 1. The minimum atomic E-state index is -5.08. The van der Waals surface area contributed by atoms with Crippen molar-refractivity contribution < 1.29 is 57.9 Å². The third kappa shape index (κ3) is 15.0. The Balaban J connectivity index is 0.00000136. The van der Waals surface area contributed by atoms with E-state index in [1.54, 1.807) is 37.4 Å². The van der Waals surface area contributed by atoms with Crippen LogP contribution in [0.3, 0.4) is 0 Å². The molecule has 0 fully saturated rings. The number of thioether (sulfide) groups is 1. The highest BCUT2D eigenvalue weighted by atomic mass is 32.2. The van der Waals surface area contributed by atoms with E-state index in [0.717, 1.165) is 35.6 Å². The average molecular weight is 873 g/mol. The lowest BCUT2D eigenvalue weighted by Crippen LogP contribution is -2.31. The maximum atomic E-state index is 14.3. The molecule has 55 heavy (non-hydrogen) atoms. The molecule has 0 saturated heterocycles. The first-order valence-corrected chi connectivity index (χ1v) is 23.2. The van der Waals surface area contributed by atoms with Crippen LogP contribution in [0.15, 0.2) is 56.5 Å². The minimum Gasteiger partial charge on any atom is -0.475 e. The van der Waals surface area contributed by atoms with Gasteiger partial charge in [0, 0.05) is 31.2 Å². The number of urea groups is 2. The molecule has 0 atom stereocenters. The van der Waals surface area contributed by atoms with Gasteiger partial charge in [-0.3, -0.25) is 5.41 Å². The maximum Gasteiger partial charge on any atom is 0.490 e. The normalized spacial score (nSPS) is 11.8. The molecule has 304 valence electrons. The van der Waals surface area contributed by atoms with Crippen LogP contribution in [0, 0.1) is 12.3 Å². The lowest BCUT2D eigenvalue weighted by molar-refractivity contribution is -0.192. The Morgan fingerprint density at radius 3 is 1.82 bits per heavy atom. The van der Waals surface area contributed by atoms with Crippen LogP contribution < -0.4 is 27.0 Å². The number of alkyl halides is 3. The summed E-state index contributed by atoms with van der Waals surface area (Å²) >= 11 is 2.21. The number of anilines is 2. The second kappa shape index (κ2) is 19.5. The second-order valence-corrected chi connectivity index (χ2v) is 20.2. The Morgan fingerprint density at radius 2 is 1.36 bits per heavy atom. The molecule has 16 nitrogen and oxygen atoms in total. The van der Waals surface area contributed by atoms with E-state index in [1.165, 1.54) is 18.2 Å². The standard InChI is InChI=1S/C29H38N6O8S5.C2HF3O2/c1-18-8-5-9-21(35-29(37)33-13-7-15-47(4,40)41)25(18)19-10-11-20(34-28(36)32-12-6-14-46(3,38)39)23(16-19)48(42,43)24-17-22(26(30)31)45-27(24)44-2;3-2(4,5)1(6)7/h5,8-11,16-17H,6-7,12-15H2,1-4H3,(H3,30,31)(H2,32,34,36)(H2,33,35,37);(H,6,7). The minimum absolute atomic E-state index is 0.0246. The molecule has 0 bridgehead atoms. The number of hydrogen-bond acceptors (Lipinski definition) is 12. The van der Waals surface area contributed by atoms with Crippen molar-refractivity contribution in [1.82, 2.24) is 10.6 Å². The number of amidine groups is 1. The van der Waals surface area contributed by atoms with Crippen LogP contribution in [0.4, 0.5) is 34.1 Å². The summed E-state index contributed by atoms with van der Waals surface area (Å²) in [4.78, 5) is 34.3. The fraction of sp³-hybridized carbons (Fsp3) is 0.355. The molecule has 2 aromatic carbocycles. The van der Waals surface area contributed by atoms with Crippen LogP contribution in [0.5, 0.6) is 0 Å². The summed E-state index contributed by atoms with van der Waals surface area (Å²) in [6, 6.07) is 9.46. The average Bonchev–Trinajstić information content (AvgIpc) is 3.51. The van der Waals surface area contributed by atoms with Gasteiger partial charge in [-0.25, -0.2) is 39.6 Å². The van der Waals surface area contributed by atoms with E-state index in [-0.39, 0.29) is 63.6 Å². The third-order valence-electron chi connectivity index (χ3n) is 6.93. The van der Waals surface area contributed by atoms with Gasteiger partial charge in [-0.15, -0.1) is 23.1 Å². The molecule has 8 N–H and O–H groups in total. The van der Waals surface area contributed by atoms with Gasteiger partial charge in [0.2, 0.25) is 9.84 Å². The van der Waals surface area contributed by atoms with Gasteiger partial charge < -0.3 is 32.1 Å². The van der Waals surface area contributed by atoms with Crippen LogP contribution in [0.25, 0.3) is 11.1 Å². The Kier molecular flexibility index (Phi) is 16.5. The maximum absolute atomic E-state index is 14.3. The van der Waals surface area contributed by atoms with Crippen molar-refractivity contribution in [1.29, 1.82) is 5.41 Å². The van der Waals surface area contributed by atoms with Crippen molar-refractivity contribution in [2.75, 3.05) is 54.0 Å². The molecule has 0 aliphatic rings. The molecule has 0 aliphatic carbocycles. The van der Waals surface area contributed by atoms with Gasteiger partial charge >= 0.3 is 24.2 Å². The molecular formula is C31H39F3N6O10S5. The number of benzene rings is 2. The SMILES string of the molecule is CSc1sc(C(=N)N)cc1S(=O)(=O)c1cc(-c2c(C)cccc2NC(=O)NCCCS(C)(=O)=O)ccc1NC(=O)NCCCS(C)(=O)=O.O=C(O)C(F)(F)F. The van der Waals surface area contributed by atoms with Crippen LogP contribution in [-0.2, 0) is 34.3 Å². The molecule has 0 aliphatic heterocycles. The van der Waals surface area contributed by atoms with E-state index in [9.17, 15) is 48.0 Å². The molecule has 0 radical (unpaired) electrons. The number of thiophene rings is 1. The fourth-order valence-corrected chi connectivity index (χ4v) is 9.88. The van der Waals surface area contributed by atoms with E-state index >= 15 is 0 Å². The molecule has 3 aromatic rings. The van der Waals surface area contributed by atoms with Gasteiger partial charge in [-0.05, 0) is 61.4 Å². The van der Waals surface area contributed by atoms with E-state index < -0.39 is 53.7 Å². The number of nitrogens with one attached hydrogen (secondary N) is 5. The number of aliphatic carboxylic acids is 1. The lowest BCUT2D eigenvalue weighted by Gasteiger charge is -2.18. The number of amides is 4. The van der Waals surface area contributed by atoms with Gasteiger partial charge in [0.05, 0.1) is 41.8 Å². The topological polar surface area (TPSA) is 272 Å². The van der Waals surface area contributed by atoms with Crippen molar-refractivity contribution in [2.45, 2.75) is 39.9 Å². The number of rotatable bonds is 15. The first-order chi connectivity index (χ1) is 25.3. The van der Waals surface area contributed by atoms with Crippen LogP contribution >= 0.6 is 23.1 Å². The van der Waals surface area contributed by atoms with Gasteiger partial charge in [-0.1, -0.05) is 18.2 Å². The molecule has 0 saturated carbocycles. The number of nitrogens with two attached hydrogens (primary N) is 1. The monoisotopic (exact) mass is 872 g/mol. The van der Waals surface area contributed by atoms with E-state index in [1.807, 2.05) is 0 Å². The Morgan fingerprint density at radius 1 is 0.855 bits per heavy atom. The van der Waals surface area contributed by atoms with Crippen LogP contribution in [-0.4, -0.2) is 104 Å². The van der Waals surface area contributed by atoms with Gasteiger partial charge in [0.25, 0.3) is 0 Å². The molecule has 1 aromatic heterocycles. The first kappa shape index (κ1) is 46.8. The number of hydrogen-bond donors (Lipinski definition) is 7. The highest BCUT2D eigenvalue weighted by Crippen LogP contribution is 2.41. The van der Waals surface area contributed by atoms with E-state index in [4.69, 9.17) is 21.0 Å². The molecule has 0 unspecified atom stereocenters. The Bertz CT molecular complexity index is 2250. The molecule has 1 heterocycles. The number of carbonyl (C=O) groups is 3. The van der Waals surface area contributed by atoms with Crippen molar-refractivity contribution in [2.24, 2.45) is 5.73 Å². The fourth-order valence-electron chi connectivity index (χ4n) is 4.50. The number of aryl methyl sites for hydroxylation is 1. The van der Waals surface area contributed by atoms with Gasteiger partial charge in [0.15, 0.2) is 0 Å². The summed E-state index contributed by atoms with van der Waals surface area (Å²) in [6.45, 7) is 1.91. The summed E-state index contributed by atoms with van der Waals surface area (Å²) in [5.74, 6) is -3.29. The highest BCUT2D eigenvalue weighted by molar-refractivity contribution is 8.01. The number of carboxylic acid groups (broad SMARTS) is 1. The predicted octanol–water partition coefficient (Wildman–Crippen LogP) is 4.31. The summed E-state index contributed by atoms with van der Waals surface area (Å²) < 4.78 is 106. The zero-order valence-electron chi connectivity index (χ0n) is 29.7. The molecule has 4 amide bonds. The van der Waals surface area contributed by atoms with Crippen molar-refractivity contribution in [3.05, 3.63) is 52.9 Å². The molecule has 24 heteroatoms. The first-order valence-electron chi connectivity index (χ1n) is 15.5. The number of sulfone groups is 3. The number of halogens is 3. The summed E-state index contributed by atoms with van der Waals surface area (Å²) in [7, 11) is -10.8. The van der Waals surface area contributed by atoms with E-state index in [0.29, 0.717) is 26.6 Å². The second-order valence-electron chi connectivity index (χ2n) is 11.6. The van der Waals surface area contributed by atoms with Crippen molar-refractivity contribution in [3.63, 3.8) is 0 Å². The van der Waals surface area contributed by atoms with Crippen LogP contribution in [0.1, 0.15) is 23.3 Å². The third-order valence-corrected chi connectivity index (χ3v) is 13.4. The Labute approximate surface area is 324 Å². The zero-order valence-corrected chi connectivity index (χ0v) is 33.7. The smallest absolute Gasteiger partial charge is 0.475 e. The summed E-state index contributed by atoms with van der Waals surface area (Å²) in [6.07, 6.45) is -0.824. The Hall–Kier alpha value is -4.39. The van der Waals surface area contributed by atoms with E-state index in [2.05, 4.69) is 21.3 Å². The molecule has 3 rings (SSSR count). The highest BCUT2D eigenvalue weighted by Gasteiger charge is 2.38.